The molecule has 2 heterocycles. The van der Waals surface area contributed by atoms with E-state index >= 15 is 0 Å². The fourth-order valence-corrected chi connectivity index (χ4v) is 2.67. The summed E-state index contributed by atoms with van der Waals surface area (Å²) in [5.41, 5.74) is 0.956. The van der Waals surface area contributed by atoms with Crippen molar-refractivity contribution in [2.75, 3.05) is 0 Å². The van der Waals surface area contributed by atoms with Crippen LogP contribution in [0, 0.1) is 12.8 Å². The maximum Gasteiger partial charge on any atom is 0.308 e. The highest BCUT2D eigenvalue weighted by molar-refractivity contribution is 7.14. The summed E-state index contributed by atoms with van der Waals surface area (Å²) in [7, 11) is 0. The summed E-state index contributed by atoms with van der Waals surface area (Å²) < 4.78 is 1.47. The molecule has 2 aromatic rings. The van der Waals surface area contributed by atoms with Gasteiger partial charge in [0.2, 0.25) is 0 Å². The van der Waals surface area contributed by atoms with E-state index in [1.54, 1.807) is 6.92 Å². The maximum atomic E-state index is 10.8. The average Bonchev–Trinajstić information content (AvgIpc) is 2.88. The first-order valence-corrected chi connectivity index (χ1v) is 6.49. The molecule has 0 aromatic carbocycles. The zero-order valence-electron chi connectivity index (χ0n) is 9.79. The summed E-state index contributed by atoms with van der Waals surface area (Å²) >= 11 is 7.60. The third kappa shape index (κ3) is 2.37. The number of aryl methyl sites for hydroxylation is 1. The van der Waals surface area contributed by atoms with Gasteiger partial charge in [0.15, 0.2) is 5.82 Å². The molecule has 18 heavy (non-hydrogen) atoms. The molecule has 1 N–H and O–H groups in total. The van der Waals surface area contributed by atoms with E-state index in [2.05, 4.69) is 15.5 Å². The molecule has 0 saturated heterocycles. The lowest BCUT2D eigenvalue weighted by molar-refractivity contribution is -0.141. The normalized spacial score (nSPS) is 12.6. The van der Waals surface area contributed by atoms with Crippen molar-refractivity contribution in [1.29, 1.82) is 0 Å². The molecule has 1 unspecified atom stereocenters. The number of hydrogen-bond donors (Lipinski definition) is 1. The minimum Gasteiger partial charge on any atom is -0.481 e. The van der Waals surface area contributed by atoms with Crippen LogP contribution in [-0.4, -0.2) is 31.3 Å². The lowest BCUT2D eigenvalue weighted by Gasteiger charge is -2.07. The number of thiophene rings is 1. The average molecular weight is 287 g/mol. The van der Waals surface area contributed by atoms with Crippen LogP contribution in [0.15, 0.2) is 5.38 Å². The smallest absolute Gasteiger partial charge is 0.308 e. The van der Waals surface area contributed by atoms with Crippen molar-refractivity contribution in [2.45, 2.75) is 20.4 Å². The number of halogens is 1. The van der Waals surface area contributed by atoms with Gasteiger partial charge < -0.3 is 5.11 Å². The first-order valence-electron chi connectivity index (χ1n) is 5.23. The molecule has 6 nitrogen and oxygen atoms in total. The van der Waals surface area contributed by atoms with Gasteiger partial charge in [-0.2, -0.15) is 0 Å². The topological polar surface area (TPSA) is 80.9 Å². The van der Waals surface area contributed by atoms with Crippen LogP contribution in [0.5, 0.6) is 0 Å². The van der Waals surface area contributed by atoms with Crippen molar-refractivity contribution >= 4 is 28.9 Å². The number of nitrogens with zero attached hydrogens (tertiary/aromatic N) is 4. The number of carboxylic acids is 1. The Kier molecular flexibility index (Phi) is 3.63. The SMILES string of the molecule is Cc1csc(-c2nnnn2CC(C)C(=O)O)c1Cl. The summed E-state index contributed by atoms with van der Waals surface area (Å²) in [6, 6.07) is 0. The monoisotopic (exact) mass is 286 g/mol. The fourth-order valence-electron chi connectivity index (χ4n) is 1.41. The Morgan fingerprint density at radius 2 is 2.39 bits per heavy atom. The predicted octanol–water partition coefficient (Wildman–Crippen LogP) is 2.08. The largest absolute Gasteiger partial charge is 0.481 e. The van der Waals surface area contributed by atoms with Gasteiger partial charge in [-0.25, -0.2) is 4.68 Å². The molecule has 96 valence electrons. The van der Waals surface area contributed by atoms with Gasteiger partial charge in [-0.1, -0.05) is 18.5 Å². The molecule has 2 aromatic heterocycles. The van der Waals surface area contributed by atoms with Gasteiger partial charge in [0, 0.05) is 0 Å². The number of rotatable bonds is 4. The van der Waals surface area contributed by atoms with Crippen molar-refractivity contribution in [3.8, 4) is 10.7 Å². The van der Waals surface area contributed by atoms with Crippen LogP contribution in [0.1, 0.15) is 12.5 Å². The minimum absolute atomic E-state index is 0.213. The second-order valence-electron chi connectivity index (χ2n) is 3.99. The molecular weight excluding hydrogens is 276 g/mol. The third-order valence-electron chi connectivity index (χ3n) is 2.50. The number of carbonyl (C=O) groups is 1. The summed E-state index contributed by atoms with van der Waals surface area (Å²) in [5.74, 6) is -0.941. The number of carboxylic acid groups (broad SMARTS) is 1. The van der Waals surface area contributed by atoms with Crippen molar-refractivity contribution < 1.29 is 9.90 Å². The van der Waals surface area contributed by atoms with Crippen LogP contribution in [0.2, 0.25) is 5.02 Å². The highest BCUT2D eigenvalue weighted by atomic mass is 35.5. The Morgan fingerprint density at radius 1 is 1.67 bits per heavy atom. The Hall–Kier alpha value is -1.47. The molecule has 0 saturated carbocycles. The molecule has 8 heteroatoms. The van der Waals surface area contributed by atoms with Gasteiger partial charge in [0.25, 0.3) is 0 Å². The number of aliphatic carboxylic acids is 1. The van der Waals surface area contributed by atoms with E-state index in [0.29, 0.717) is 10.8 Å². The van der Waals surface area contributed by atoms with E-state index in [0.717, 1.165) is 10.4 Å². The van der Waals surface area contributed by atoms with Gasteiger partial charge in [-0.3, -0.25) is 4.79 Å². The van der Waals surface area contributed by atoms with E-state index in [1.165, 1.54) is 16.0 Å². The van der Waals surface area contributed by atoms with Crippen molar-refractivity contribution in [3.63, 3.8) is 0 Å². The summed E-state index contributed by atoms with van der Waals surface area (Å²) in [4.78, 5) is 11.6. The zero-order valence-corrected chi connectivity index (χ0v) is 11.4. The van der Waals surface area contributed by atoms with Gasteiger partial charge in [-0.15, -0.1) is 16.4 Å². The molecule has 2 rings (SSSR count). The number of tetrazole rings is 1. The number of hydrogen-bond acceptors (Lipinski definition) is 5. The highest BCUT2D eigenvalue weighted by Crippen LogP contribution is 2.34. The Balaban J connectivity index is 2.33. The standard InChI is InChI=1S/C10H11ClN4O2S/c1-5(10(16)17)3-15-9(12-13-14-15)8-7(11)6(2)4-18-8/h4-5H,3H2,1-2H3,(H,16,17). The Labute approximate surface area is 112 Å². The first-order chi connectivity index (χ1) is 8.50. The van der Waals surface area contributed by atoms with E-state index in [-0.39, 0.29) is 6.54 Å². The quantitative estimate of drug-likeness (QED) is 0.931. The highest BCUT2D eigenvalue weighted by Gasteiger charge is 2.19. The molecule has 0 fully saturated rings. The van der Waals surface area contributed by atoms with E-state index in [4.69, 9.17) is 16.7 Å². The van der Waals surface area contributed by atoms with Gasteiger partial charge in [0.1, 0.15) is 0 Å². The lowest BCUT2D eigenvalue weighted by atomic mass is 10.2. The van der Waals surface area contributed by atoms with E-state index in [9.17, 15) is 4.79 Å². The van der Waals surface area contributed by atoms with Crippen LogP contribution in [0.25, 0.3) is 10.7 Å². The van der Waals surface area contributed by atoms with Gasteiger partial charge in [0.05, 0.1) is 22.4 Å². The summed E-state index contributed by atoms with van der Waals surface area (Å²) in [6.07, 6.45) is 0. The van der Waals surface area contributed by atoms with E-state index < -0.39 is 11.9 Å². The molecule has 0 bridgehead atoms. The van der Waals surface area contributed by atoms with Crippen LogP contribution >= 0.6 is 22.9 Å². The van der Waals surface area contributed by atoms with Crippen molar-refractivity contribution in [1.82, 2.24) is 20.2 Å². The molecule has 0 aliphatic carbocycles. The van der Waals surface area contributed by atoms with Crippen molar-refractivity contribution in [3.05, 3.63) is 16.0 Å². The first kappa shape index (κ1) is 13.0. The molecule has 0 spiro atoms. The van der Waals surface area contributed by atoms with E-state index in [1.807, 2.05) is 12.3 Å². The second kappa shape index (κ2) is 5.03. The molecular formula is C10H11ClN4O2S. The molecule has 0 aliphatic heterocycles. The molecule has 0 radical (unpaired) electrons. The van der Waals surface area contributed by atoms with Crippen LogP contribution < -0.4 is 0 Å². The Bertz CT molecular complexity index is 580. The number of aromatic nitrogens is 4. The van der Waals surface area contributed by atoms with Gasteiger partial charge in [-0.05, 0) is 28.3 Å². The lowest BCUT2D eigenvalue weighted by Crippen LogP contribution is -2.18. The minimum atomic E-state index is -0.884. The maximum absolute atomic E-state index is 10.8. The van der Waals surface area contributed by atoms with Crippen LogP contribution in [-0.2, 0) is 11.3 Å². The summed E-state index contributed by atoms with van der Waals surface area (Å²) in [5, 5.41) is 22.7. The fraction of sp³-hybridized carbons (Fsp3) is 0.400. The predicted molar refractivity (Wildman–Crippen MR) is 67.7 cm³/mol. The van der Waals surface area contributed by atoms with Crippen molar-refractivity contribution in [2.24, 2.45) is 5.92 Å². The van der Waals surface area contributed by atoms with Crippen LogP contribution in [0.3, 0.4) is 0 Å². The second-order valence-corrected chi connectivity index (χ2v) is 5.24. The van der Waals surface area contributed by atoms with Gasteiger partial charge >= 0.3 is 5.97 Å². The zero-order chi connectivity index (χ0) is 13.3. The third-order valence-corrected chi connectivity index (χ3v) is 4.20. The Morgan fingerprint density at radius 3 is 2.94 bits per heavy atom. The molecule has 0 aliphatic rings. The molecule has 1 atom stereocenters. The molecule has 0 amide bonds. The summed E-state index contributed by atoms with van der Waals surface area (Å²) in [6.45, 7) is 3.72. The van der Waals surface area contributed by atoms with Crippen LogP contribution in [0.4, 0.5) is 0 Å².